The number of esters is 1. The Morgan fingerprint density at radius 2 is 2.35 bits per heavy atom. The molecule has 0 bridgehead atoms. The summed E-state index contributed by atoms with van der Waals surface area (Å²) in [5.41, 5.74) is 2.58. The number of hydrogen-bond acceptors (Lipinski definition) is 5. The van der Waals surface area contributed by atoms with E-state index in [1.807, 2.05) is 0 Å². The van der Waals surface area contributed by atoms with Crippen LogP contribution in [0.25, 0.3) is 0 Å². The third-order valence-corrected chi connectivity index (χ3v) is 3.34. The van der Waals surface area contributed by atoms with Crippen LogP contribution in [0.2, 0.25) is 0 Å². The maximum Gasteiger partial charge on any atom is 0.356 e. The number of hydroxylamine groups is 1. The molecular formula is C12H17NO4. The second-order valence-electron chi connectivity index (χ2n) is 4.52. The van der Waals surface area contributed by atoms with Crippen LogP contribution in [0.4, 0.5) is 0 Å². The lowest BCUT2D eigenvalue weighted by molar-refractivity contribution is -0.140. The normalized spacial score (nSPS) is 31.8. The van der Waals surface area contributed by atoms with E-state index in [2.05, 4.69) is 5.48 Å². The van der Waals surface area contributed by atoms with Gasteiger partial charge in [-0.15, -0.1) is 0 Å². The van der Waals surface area contributed by atoms with Crippen molar-refractivity contribution in [1.82, 2.24) is 5.48 Å². The zero-order valence-electron chi connectivity index (χ0n) is 9.90. The van der Waals surface area contributed by atoms with E-state index in [4.69, 9.17) is 9.57 Å². The van der Waals surface area contributed by atoms with Crippen LogP contribution in [0, 0.1) is 5.92 Å². The number of aldehydes is 1. The van der Waals surface area contributed by atoms with Crippen LogP contribution < -0.4 is 5.48 Å². The van der Waals surface area contributed by atoms with Crippen LogP contribution in [-0.2, 0) is 19.2 Å². The predicted molar refractivity (Wildman–Crippen MR) is 59.7 cm³/mol. The summed E-state index contributed by atoms with van der Waals surface area (Å²) < 4.78 is 4.90. The fourth-order valence-electron chi connectivity index (χ4n) is 2.30. The minimum Gasteiger partial charge on any atom is -0.461 e. The number of carbonyl (C=O) groups is 2. The minimum atomic E-state index is -0.429. The van der Waals surface area contributed by atoms with E-state index in [0.29, 0.717) is 12.3 Å². The Bertz CT molecular complexity index is 342. The molecule has 1 fully saturated rings. The summed E-state index contributed by atoms with van der Waals surface area (Å²) in [4.78, 5) is 27.7. The van der Waals surface area contributed by atoms with Gasteiger partial charge in [-0.1, -0.05) is 0 Å². The summed E-state index contributed by atoms with van der Waals surface area (Å²) in [5, 5.41) is 0. The van der Waals surface area contributed by atoms with E-state index >= 15 is 0 Å². The Morgan fingerprint density at radius 3 is 2.94 bits per heavy atom. The third kappa shape index (κ3) is 2.49. The number of hydrogen-bond donors (Lipinski definition) is 1. The molecule has 0 saturated heterocycles. The molecular weight excluding hydrogens is 222 g/mol. The molecule has 0 radical (unpaired) electrons. The van der Waals surface area contributed by atoms with Crippen LogP contribution in [0.1, 0.15) is 32.6 Å². The lowest BCUT2D eigenvalue weighted by Gasteiger charge is -2.31. The summed E-state index contributed by atoms with van der Waals surface area (Å²) in [6, 6.07) is 0. The first-order valence-electron chi connectivity index (χ1n) is 5.98. The monoisotopic (exact) mass is 239 g/mol. The van der Waals surface area contributed by atoms with E-state index in [9.17, 15) is 9.59 Å². The summed E-state index contributed by atoms with van der Waals surface area (Å²) >= 11 is 0. The Balaban J connectivity index is 2.00. The quantitative estimate of drug-likeness (QED) is 0.590. The molecule has 5 nitrogen and oxygen atoms in total. The van der Waals surface area contributed by atoms with E-state index in [1.165, 1.54) is 0 Å². The van der Waals surface area contributed by atoms with Crippen molar-refractivity contribution in [2.75, 3.05) is 6.61 Å². The highest BCUT2D eigenvalue weighted by Gasteiger charge is 2.40. The molecule has 1 N–H and O–H groups in total. The molecule has 0 atom stereocenters. The van der Waals surface area contributed by atoms with E-state index in [-0.39, 0.29) is 11.9 Å². The van der Waals surface area contributed by atoms with Crippen LogP contribution >= 0.6 is 0 Å². The third-order valence-electron chi connectivity index (χ3n) is 3.34. The maximum absolute atomic E-state index is 11.5. The molecule has 94 valence electrons. The molecule has 0 aromatic carbocycles. The highest BCUT2D eigenvalue weighted by atomic mass is 16.7. The van der Waals surface area contributed by atoms with Gasteiger partial charge in [0, 0.05) is 5.92 Å². The Kier molecular flexibility index (Phi) is 3.47. The summed E-state index contributed by atoms with van der Waals surface area (Å²) in [6.45, 7) is 2.11. The number of rotatable bonds is 3. The fourth-order valence-corrected chi connectivity index (χ4v) is 2.30. The van der Waals surface area contributed by atoms with Crippen molar-refractivity contribution in [2.24, 2.45) is 5.92 Å². The minimum absolute atomic E-state index is 0.129. The molecule has 1 aliphatic heterocycles. The topological polar surface area (TPSA) is 64.6 Å². The van der Waals surface area contributed by atoms with Crippen molar-refractivity contribution in [1.29, 1.82) is 0 Å². The molecule has 0 aromatic rings. The van der Waals surface area contributed by atoms with Crippen molar-refractivity contribution >= 4 is 12.3 Å². The number of nitrogens with one attached hydrogen (secondary N) is 1. The molecule has 1 saturated carbocycles. The second-order valence-corrected chi connectivity index (χ2v) is 4.52. The van der Waals surface area contributed by atoms with Crippen molar-refractivity contribution in [3.8, 4) is 0 Å². The molecule has 17 heavy (non-hydrogen) atoms. The summed E-state index contributed by atoms with van der Waals surface area (Å²) in [7, 11) is 0. The molecule has 1 spiro atoms. The molecule has 0 amide bonds. The summed E-state index contributed by atoms with van der Waals surface area (Å²) in [5.74, 6) is -0.258. The SMILES string of the molecule is CCOC(=O)C1=CC2(CCC(C=O)CC2)ON1. The van der Waals surface area contributed by atoms with Crippen molar-refractivity contribution in [3.63, 3.8) is 0 Å². The van der Waals surface area contributed by atoms with Crippen LogP contribution in [0.3, 0.4) is 0 Å². The van der Waals surface area contributed by atoms with Crippen molar-refractivity contribution in [2.45, 2.75) is 38.2 Å². The Morgan fingerprint density at radius 1 is 1.65 bits per heavy atom. The van der Waals surface area contributed by atoms with Crippen LogP contribution in [0.5, 0.6) is 0 Å². The van der Waals surface area contributed by atoms with E-state index in [0.717, 1.165) is 32.0 Å². The van der Waals surface area contributed by atoms with Gasteiger partial charge in [-0.2, -0.15) is 0 Å². The standard InChI is InChI=1S/C12H17NO4/c1-2-16-11(15)10-7-12(17-13-10)5-3-9(8-14)4-6-12/h7-9,13H,2-6H2,1H3. The van der Waals surface area contributed by atoms with Crippen LogP contribution in [-0.4, -0.2) is 24.5 Å². The average Bonchev–Trinajstić information content (AvgIpc) is 2.75. The highest BCUT2D eigenvalue weighted by molar-refractivity contribution is 5.88. The lowest BCUT2D eigenvalue weighted by Crippen LogP contribution is -2.35. The van der Waals surface area contributed by atoms with Gasteiger partial charge in [0.2, 0.25) is 0 Å². The maximum atomic E-state index is 11.5. The zero-order valence-corrected chi connectivity index (χ0v) is 9.90. The van der Waals surface area contributed by atoms with Gasteiger partial charge in [0.15, 0.2) is 0 Å². The molecule has 1 aliphatic carbocycles. The molecule has 2 aliphatic rings. The van der Waals surface area contributed by atoms with E-state index < -0.39 is 5.60 Å². The molecule has 0 aromatic heterocycles. The fraction of sp³-hybridized carbons (Fsp3) is 0.667. The van der Waals surface area contributed by atoms with Crippen LogP contribution in [0.15, 0.2) is 11.8 Å². The first-order chi connectivity index (χ1) is 8.19. The molecule has 0 unspecified atom stereocenters. The van der Waals surface area contributed by atoms with Gasteiger partial charge in [0.25, 0.3) is 0 Å². The van der Waals surface area contributed by atoms with Gasteiger partial charge in [-0.25, -0.2) is 4.79 Å². The smallest absolute Gasteiger partial charge is 0.356 e. The zero-order chi connectivity index (χ0) is 12.3. The lowest BCUT2D eigenvalue weighted by atomic mass is 9.79. The Labute approximate surface area is 100 Å². The largest absolute Gasteiger partial charge is 0.461 e. The van der Waals surface area contributed by atoms with E-state index in [1.54, 1.807) is 13.0 Å². The summed E-state index contributed by atoms with van der Waals surface area (Å²) in [6.07, 6.45) is 5.92. The van der Waals surface area contributed by atoms with Gasteiger partial charge in [-0.05, 0) is 38.7 Å². The van der Waals surface area contributed by atoms with Crippen molar-refractivity contribution < 1.29 is 19.2 Å². The van der Waals surface area contributed by atoms with Gasteiger partial charge in [0.1, 0.15) is 17.6 Å². The second kappa shape index (κ2) is 4.87. The number of carbonyl (C=O) groups excluding carboxylic acids is 2. The predicted octanol–water partition coefficient (Wildman–Crippen LogP) is 1.10. The van der Waals surface area contributed by atoms with Gasteiger partial charge >= 0.3 is 5.97 Å². The molecule has 5 heteroatoms. The Hall–Kier alpha value is -1.36. The molecule has 1 heterocycles. The van der Waals surface area contributed by atoms with Crippen molar-refractivity contribution in [3.05, 3.63) is 11.8 Å². The molecule has 2 rings (SSSR count). The average molecular weight is 239 g/mol. The first kappa shape index (κ1) is 12.1. The van der Waals surface area contributed by atoms with Gasteiger partial charge in [-0.3, -0.25) is 10.3 Å². The first-order valence-corrected chi connectivity index (χ1v) is 5.98. The van der Waals surface area contributed by atoms with Gasteiger partial charge in [0.05, 0.1) is 6.61 Å². The highest BCUT2D eigenvalue weighted by Crippen LogP contribution is 2.37. The van der Waals surface area contributed by atoms with Gasteiger partial charge < -0.3 is 9.53 Å². The number of ether oxygens (including phenoxy) is 1.